The van der Waals surface area contributed by atoms with Crippen molar-refractivity contribution in [1.29, 1.82) is 0 Å². The largest absolute Gasteiger partial charge is 0.497 e. The Morgan fingerprint density at radius 1 is 1.11 bits per heavy atom. The van der Waals surface area contributed by atoms with Crippen molar-refractivity contribution in [1.82, 2.24) is 25.1 Å². The number of carbonyl (C=O) groups is 1. The van der Waals surface area contributed by atoms with Crippen LogP contribution in [0.4, 0.5) is 4.39 Å². The molecule has 8 nitrogen and oxygen atoms in total. The van der Waals surface area contributed by atoms with Crippen molar-refractivity contribution in [3.63, 3.8) is 0 Å². The molecule has 2 heterocycles. The van der Waals surface area contributed by atoms with Crippen LogP contribution in [0.25, 0.3) is 17.2 Å². The van der Waals surface area contributed by atoms with Gasteiger partial charge in [-0.05, 0) is 54.8 Å². The van der Waals surface area contributed by atoms with E-state index in [2.05, 4.69) is 20.4 Å². The highest BCUT2D eigenvalue weighted by molar-refractivity contribution is 5.95. The maximum atomic E-state index is 14.2. The van der Waals surface area contributed by atoms with Crippen LogP contribution in [0.15, 0.2) is 60.9 Å². The second-order valence-electron chi connectivity index (χ2n) is 8.25. The van der Waals surface area contributed by atoms with Crippen LogP contribution in [0.1, 0.15) is 40.4 Å². The minimum Gasteiger partial charge on any atom is -0.497 e. The van der Waals surface area contributed by atoms with Crippen molar-refractivity contribution in [3.8, 4) is 28.7 Å². The zero-order valence-corrected chi connectivity index (χ0v) is 19.4. The first-order valence-electron chi connectivity index (χ1n) is 11.2. The van der Waals surface area contributed by atoms with E-state index < -0.39 is 5.82 Å². The van der Waals surface area contributed by atoms with Crippen LogP contribution in [0.3, 0.4) is 0 Å². The summed E-state index contributed by atoms with van der Waals surface area (Å²) in [5.74, 6) is 0.786. The lowest BCUT2D eigenvalue weighted by Crippen LogP contribution is -2.23. The molecule has 1 N–H and O–H groups in total. The Hall–Kier alpha value is -4.27. The maximum Gasteiger partial charge on any atom is 0.255 e. The van der Waals surface area contributed by atoms with Crippen molar-refractivity contribution < 1.29 is 18.7 Å². The summed E-state index contributed by atoms with van der Waals surface area (Å²) in [6.07, 6.45) is 5.09. The van der Waals surface area contributed by atoms with Crippen molar-refractivity contribution in [2.24, 2.45) is 0 Å². The quantitative estimate of drug-likeness (QED) is 0.411. The Kier molecular flexibility index (Phi) is 6.13. The van der Waals surface area contributed by atoms with Gasteiger partial charge >= 0.3 is 0 Å². The minimum atomic E-state index is -0.473. The first kappa shape index (κ1) is 22.5. The van der Waals surface area contributed by atoms with Crippen LogP contribution in [0.2, 0.25) is 0 Å². The predicted molar refractivity (Wildman–Crippen MR) is 127 cm³/mol. The number of benzene rings is 2. The van der Waals surface area contributed by atoms with Gasteiger partial charge < -0.3 is 14.8 Å². The minimum absolute atomic E-state index is 0.163. The Balaban J connectivity index is 1.40. The summed E-state index contributed by atoms with van der Waals surface area (Å²) in [4.78, 5) is 22.0. The molecule has 0 saturated heterocycles. The molecule has 5 rings (SSSR count). The Morgan fingerprint density at radius 2 is 1.91 bits per heavy atom. The van der Waals surface area contributed by atoms with Crippen LogP contribution in [-0.2, 0) is 6.54 Å². The molecule has 1 aliphatic carbocycles. The van der Waals surface area contributed by atoms with Gasteiger partial charge in [0.1, 0.15) is 5.75 Å². The highest BCUT2D eigenvalue weighted by atomic mass is 19.1. The molecule has 1 aliphatic rings. The topological polar surface area (TPSA) is 91.2 Å². The second-order valence-corrected chi connectivity index (χ2v) is 8.25. The molecule has 0 spiro atoms. The molecular weight excluding hydrogens is 449 g/mol. The normalized spacial score (nSPS) is 12.9. The summed E-state index contributed by atoms with van der Waals surface area (Å²) in [7, 11) is 3.03. The number of hydrogen-bond acceptors (Lipinski definition) is 6. The van der Waals surface area contributed by atoms with E-state index in [0.717, 1.165) is 29.8 Å². The Labute approximate surface area is 201 Å². The van der Waals surface area contributed by atoms with Gasteiger partial charge in [-0.2, -0.15) is 5.10 Å². The van der Waals surface area contributed by atoms with Gasteiger partial charge in [-0.25, -0.2) is 19.0 Å². The summed E-state index contributed by atoms with van der Waals surface area (Å²) in [6, 6.07) is 13.9. The van der Waals surface area contributed by atoms with Crippen LogP contribution >= 0.6 is 0 Å². The molecule has 1 saturated carbocycles. The van der Waals surface area contributed by atoms with E-state index in [4.69, 9.17) is 9.47 Å². The molecule has 0 radical (unpaired) electrons. The number of rotatable bonds is 8. The van der Waals surface area contributed by atoms with Crippen LogP contribution in [-0.4, -0.2) is 39.9 Å². The van der Waals surface area contributed by atoms with Gasteiger partial charge in [-0.15, -0.1) is 0 Å². The molecule has 0 bridgehead atoms. The number of aromatic nitrogens is 4. The van der Waals surface area contributed by atoms with Crippen LogP contribution < -0.4 is 14.8 Å². The zero-order valence-electron chi connectivity index (χ0n) is 19.4. The third kappa shape index (κ3) is 4.70. The SMILES string of the molecule is COc1ccc(CNC(=O)c2cnn(-c3nccc(-c4ccc(OC)c(F)c4)n3)c2C2CC2)cc1. The molecule has 0 unspecified atom stereocenters. The van der Waals surface area contributed by atoms with E-state index in [1.165, 1.54) is 13.2 Å². The van der Waals surface area contributed by atoms with Crippen molar-refractivity contribution >= 4 is 5.91 Å². The number of nitrogens with one attached hydrogen (secondary N) is 1. The van der Waals surface area contributed by atoms with Gasteiger partial charge in [-0.3, -0.25) is 4.79 Å². The van der Waals surface area contributed by atoms with Crippen molar-refractivity contribution in [2.75, 3.05) is 14.2 Å². The highest BCUT2D eigenvalue weighted by Gasteiger charge is 2.33. The number of halogens is 1. The Morgan fingerprint density at radius 3 is 2.60 bits per heavy atom. The monoisotopic (exact) mass is 473 g/mol. The highest BCUT2D eigenvalue weighted by Crippen LogP contribution is 2.42. The molecule has 2 aromatic carbocycles. The van der Waals surface area contributed by atoms with E-state index >= 15 is 0 Å². The lowest BCUT2D eigenvalue weighted by Gasteiger charge is -2.10. The molecule has 35 heavy (non-hydrogen) atoms. The number of ether oxygens (including phenoxy) is 2. The van der Waals surface area contributed by atoms with E-state index in [9.17, 15) is 9.18 Å². The lowest BCUT2D eigenvalue weighted by molar-refractivity contribution is 0.0950. The third-order valence-corrected chi connectivity index (χ3v) is 5.91. The number of methoxy groups -OCH3 is 2. The lowest BCUT2D eigenvalue weighted by atomic mass is 10.1. The third-order valence-electron chi connectivity index (χ3n) is 5.91. The molecular formula is C26H24FN5O3. The zero-order chi connectivity index (χ0) is 24.4. The maximum absolute atomic E-state index is 14.2. The van der Waals surface area contributed by atoms with Gasteiger partial charge in [0, 0.05) is 24.2 Å². The molecule has 9 heteroatoms. The first-order chi connectivity index (χ1) is 17.1. The molecule has 1 fully saturated rings. The fraction of sp³-hybridized carbons (Fsp3) is 0.231. The summed E-state index contributed by atoms with van der Waals surface area (Å²) in [5.41, 5.74) is 3.38. The average Bonchev–Trinajstić information content (AvgIpc) is 3.64. The molecule has 2 aromatic heterocycles. The summed E-state index contributed by atoms with van der Waals surface area (Å²) in [6.45, 7) is 0.382. The van der Waals surface area contributed by atoms with Crippen molar-refractivity contribution in [2.45, 2.75) is 25.3 Å². The van der Waals surface area contributed by atoms with Gasteiger partial charge in [0.25, 0.3) is 11.9 Å². The molecule has 0 atom stereocenters. The van der Waals surface area contributed by atoms with Gasteiger partial charge in [-0.1, -0.05) is 12.1 Å². The number of nitrogens with zero attached hydrogens (tertiary/aromatic N) is 4. The predicted octanol–water partition coefficient (Wildman–Crippen LogP) is 4.29. The van der Waals surface area contributed by atoms with Gasteiger partial charge in [0.15, 0.2) is 11.6 Å². The Bertz CT molecular complexity index is 1370. The van der Waals surface area contributed by atoms with E-state index in [-0.39, 0.29) is 17.6 Å². The van der Waals surface area contributed by atoms with E-state index in [1.54, 1.807) is 42.4 Å². The smallest absolute Gasteiger partial charge is 0.255 e. The second kappa shape index (κ2) is 9.54. The fourth-order valence-electron chi connectivity index (χ4n) is 3.90. The average molecular weight is 474 g/mol. The first-order valence-corrected chi connectivity index (χ1v) is 11.2. The summed E-state index contributed by atoms with van der Waals surface area (Å²) in [5, 5.41) is 7.41. The number of amides is 1. The molecule has 178 valence electrons. The van der Waals surface area contributed by atoms with Crippen LogP contribution in [0.5, 0.6) is 11.5 Å². The molecule has 4 aromatic rings. The summed E-state index contributed by atoms with van der Waals surface area (Å²) < 4.78 is 26.0. The van der Waals surface area contributed by atoms with E-state index in [0.29, 0.717) is 29.3 Å². The number of carbonyl (C=O) groups excluding carboxylic acids is 1. The van der Waals surface area contributed by atoms with E-state index in [1.807, 2.05) is 24.3 Å². The van der Waals surface area contributed by atoms with Crippen LogP contribution in [0, 0.1) is 5.82 Å². The van der Waals surface area contributed by atoms with Gasteiger partial charge in [0.2, 0.25) is 0 Å². The fourth-order valence-corrected chi connectivity index (χ4v) is 3.90. The standard InChI is InChI=1S/C26H24FN5O3/c1-34-19-8-3-16(4-9-19)14-29-25(33)20-15-30-32(24(20)17-5-6-17)26-28-12-11-22(31-26)18-7-10-23(35-2)21(27)13-18/h3-4,7-13,15,17H,5-6,14H2,1-2H3,(H,29,33). The van der Waals surface area contributed by atoms with Crippen molar-refractivity contribution in [3.05, 3.63) is 83.6 Å². The van der Waals surface area contributed by atoms with Gasteiger partial charge in [0.05, 0.1) is 37.4 Å². The molecule has 0 aliphatic heterocycles. The molecule has 1 amide bonds. The number of hydrogen-bond donors (Lipinski definition) is 1. The summed E-state index contributed by atoms with van der Waals surface area (Å²) >= 11 is 0.